The summed E-state index contributed by atoms with van der Waals surface area (Å²) in [6, 6.07) is 8.01. The number of hydrogen-bond donors (Lipinski definition) is 2. The van der Waals surface area contributed by atoms with Crippen LogP contribution in [0.5, 0.6) is 0 Å². The molecule has 0 bridgehead atoms. The molecule has 130 valence electrons. The van der Waals surface area contributed by atoms with E-state index in [2.05, 4.69) is 32.0 Å². The molecule has 2 rings (SSSR count). The molecule has 6 nitrogen and oxygen atoms in total. The van der Waals surface area contributed by atoms with Crippen LogP contribution in [0.4, 0.5) is 10.6 Å². The minimum absolute atomic E-state index is 0.165. The summed E-state index contributed by atoms with van der Waals surface area (Å²) in [7, 11) is 7.92. The number of nitrogens with one attached hydrogen (secondary N) is 2. The van der Waals surface area contributed by atoms with Crippen LogP contribution in [0.3, 0.4) is 0 Å². The first kappa shape index (κ1) is 18.2. The number of urea groups is 1. The van der Waals surface area contributed by atoms with Gasteiger partial charge in [0.2, 0.25) is 0 Å². The van der Waals surface area contributed by atoms with E-state index in [0.29, 0.717) is 13.1 Å². The van der Waals surface area contributed by atoms with Gasteiger partial charge in [-0.15, -0.1) is 11.3 Å². The number of aromatic nitrogens is 1. The van der Waals surface area contributed by atoms with Crippen LogP contribution in [-0.2, 0) is 6.54 Å². The number of carbonyl (C=O) groups is 1. The van der Waals surface area contributed by atoms with Crippen molar-refractivity contribution in [3.8, 4) is 0 Å². The summed E-state index contributed by atoms with van der Waals surface area (Å²) in [6.45, 7) is 1.04. The Morgan fingerprint density at radius 2 is 2.04 bits per heavy atom. The fourth-order valence-electron chi connectivity index (χ4n) is 2.27. The molecule has 0 aliphatic rings. The van der Waals surface area contributed by atoms with Gasteiger partial charge in [-0.2, -0.15) is 0 Å². The summed E-state index contributed by atoms with van der Waals surface area (Å²) < 4.78 is 0. The van der Waals surface area contributed by atoms with Crippen molar-refractivity contribution < 1.29 is 4.79 Å². The molecular weight excluding hydrogens is 322 g/mol. The Morgan fingerprint density at radius 3 is 2.67 bits per heavy atom. The van der Waals surface area contributed by atoms with Gasteiger partial charge < -0.3 is 20.4 Å². The first-order valence-corrected chi connectivity index (χ1v) is 8.69. The fourth-order valence-corrected chi connectivity index (χ4v) is 3.19. The van der Waals surface area contributed by atoms with Crippen LogP contribution in [-0.4, -0.2) is 50.7 Å². The molecular formula is C17H25N5OS. The van der Waals surface area contributed by atoms with Crippen molar-refractivity contribution in [2.75, 3.05) is 39.6 Å². The molecule has 0 saturated heterocycles. The highest BCUT2D eigenvalue weighted by Crippen LogP contribution is 2.22. The molecule has 2 aromatic rings. The van der Waals surface area contributed by atoms with E-state index >= 15 is 0 Å². The van der Waals surface area contributed by atoms with Crippen LogP contribution >= 0.6 is 11.3 Å². The van der Waals surface area contributed by atoms with Crippen molar-refractivity contribution >= 4 is 23.2 Å². The zero-order chi connectivity index (χ0) is 17.5. The smallest absolute Gasteiger partial charge is 0.315 e. The molecule has 7 heteroatoms. The normalized spacial score (nSPS) is 12.0. The van der Waals surface area contributed by atoms with E-state index in [4.69, 9.17) is 0 Å². The average molecular weight is 347 g/mol. The largest absolute Gasteiger partial charge is 0.363 e. The van der Waals surface area contributed by atoms with Crippen LogP contribution in [0.15, 0.2) is 35.8 Å². The first-order chi connectivity index (χ1) is 11.5. The molecule has 2 N–H and O–H groups in total. The topological polar surface area (TPSA) is 60.5 Å². The molecule has 1 atom stereocenters. The number of anilines is 1. The second-order valence-electron chi connectivity index (χ2n) is 5.98. The van der Waals surface area contributed by atoms with Crippen LogP contribution in [0.25, 0.3) is 0 Å². The van der Waals surface area contributed by atoms with Crippen LogP contribution in [0, 0.1) is 0 Å². The monoisotopic (exact) mass is 347 g/mol. The Hall–Kier alpha value is -2.12. The number of hydrogen-bond acceptors (Lipinski definition) is 5. The highest BCUT2D eigenvalue weighted by molar-refractivity contribution is 7.10. The van der Waals surface area contributed by atoms with Gasteiger partial charge in [0.25, 0.3) is 0 Å². The lowest BCUT2D eigenvalue weighted by Crippen LogP contribution is -2.40. The van der Waals surface area contributed by atoms with Gasteiger partial charge in [-0.3, -0.25) is 0 Å². The maximum absolute atomic E-state index is 12.1. The lowest BCUT2D eigenvalue weighted by molar-refractivity contribution is 0.233. The van der Waals surface area contributed by atoms with Gasteiger partial charge in [-0.05, 0) is 43.2 Å². The molecule has 0 aliphatic heterocycles. The van der Waals surface area contributed by atoms with Gasteiger partial charge in [0.05, 0.1) is 6.04 Å². The van der Waals surface area contributed by atoms with Crippen molar-refractivity contribution in [1.82, 2.24) is 20.5 Å². The summed E-state index contributed by atoms with van der Waals surface area (Å²) in [6.07, 6.45) is 1.75. The molecule has 0 aromatic carbocycles. The third-order valence-electron chi connectivity index (χ3n) is 3.67. The van der Waals surface area contributed by atoms with Gasteiger partial charge in [0, 0.05) is 38.3 Å². The zero-order valence-electron chi connectivity index (χ0n) is 14.6. The van der Waals surface area contributed by atoms with Crippen molar-refractivity contribution in [2.24, 2.45) is 0 Å². The van der Waals surface area contributed by atoms with Crippen LogP contribution in [0.1, 0.15) is 16.5 Å². The maximum Gasteiger partial charge on any atom is 0.315 e. The van der Waals surface area contributed by atoms with E-state index in [9.17, 15) is 4.79 Å². The highest BCUT2D eigenvalue weighted by atomic mass is 32.1. The average Bonchev–Trinajstić information content (AvgIpc) is 3.07. The molecule has 0 spiro atoms. The van der Waals surface area contributed by atoms with E-state index in [0.717, 1.165) is 11.4 Å². The van der Waals surface area contributed by atoms with E-state index in [-0.39, 0.29) is 12.1 Å². The van der Waals surface area contributed by atoms with Gasteiger partial charge >= 0.3 is 6.03 Å². The molecule has 0 saturated carbocycles. The number of pyridine rings is 1. The third-order valence-corrected chi connectivity index (χ3v) is 4.65. The summed E-state index contributed by atoms with van der Waals surface area (Å²) in [5.74, 6) is 0.875. The van der Waals surface area contributed by atoms with Gasteiger partial charge in [0.1, 0.15) is 5.82 Å². The van der Waals surface area contributed by atoms with Crippen molar-refractivity contribution in [3.63, 3.8) is 0 Å². The summed E-state index contributed by atoms with van der Waals surface area (Å²) in [5, 5.41) is 7.90. The Labute approximate surface area is 147 Å². The molecule has 0 unspecified atom stereocenters. The van der Waals surface area contributed by atoms with E-state index in [1.807, 2.05) is 51.3 Å². The number of nitrogens with zero attached hydrogens (tertiary/aromatic N) is 3. The molecule has 0 radical (unpaired) electrons. The Balaban J connectivity index is 1.84. The molecule has 0 fully saturated rings. The molecule has 2 heterocycles. The number of thiophene rings is 1. The van der Waals surface area contributed by atoms with Gasteiger partial charge in [-0.1, -0.05) is 6.07 Å². The van der Waals surface area contributed by atoms with Crippen LogP contribution < -0.4 is 15.5 Å². The minimum atomic E-state index is -0.165. The maximum atomic E-state index is 12.1. The molecule has 2 aromatic heterocycles. The summed E-state index contributed by atoms with van der Waals surface area (Å²) >= 11 is 1.70. The van der Waals surface area contributed by atoms with Crippen molar-refractivity contribution in [2.45, 2.75) is 12.6 Å². The molecule has 24 heavy (non-hydrogen) atoms. The predicted octanol–water partition coefficient (Wildman–Crippen LogP) is 2.31. The van der Waals surface area contributed by atoms with Gasteiger partial charge in [-0.25, -0.2) is 9.78 Å². The van der Waals surface area contributed by atoms with E-state index in [1.165, 1.54) is 4.88 Å². The Morgan fingerprint density at radius 1 is 1.25 bits per heavy atom. The zero-order valence-corrected chi connectivity index (χ0v) is 15.4. The molecule has 0 aliphatic carbocycles. The Kier molecular flexibility index (Phi) is 6.57. The number of amides is 2. The second-order valence-corrected chi connectivity index (χ2v) is 6.95. The number of carbonyl (C=O) groups excluding carboxylic acids is 1. The standard InChI is InChI=1S/C17H25N5OS/c1-21(2)14(15-6-5-9-24-15)12-20-17(23)19-11-13-7-8-18-16(10-13)22(3)4/h5-10,14H,11-12H2,1-4H3,(H2,19,20,23)/t14-/m1/s1. The van der Waals surface area contributed by atoms with Crippen LogP contribution in [0.2, 0.25) is 0 Å². The number of likely N-dealkylation sites (N-methyl/N-ethyl adjacent to an activating group) is 1. The van der Waals surface area contributed by atoms with Crippen molar-refractivity contribution in [1.29, 1.82) is 0 Å². The lowest BCUT2D eigenvalue weighted by atomic mass is 10.2. The van der Waals surface area contributed by atoms with Crippen molar-refractivity contribution in [3.05, 3.63) is 46.3 Å². The summed E-state index contributed by atoms with van der Waals surface area (Å²) in [5.41, 5.74) is 1.02. The molecule has 2 amide bonds. The van der Waals surface area contributed by atoms with Gasteiger partial charge in [0.15, 0.2) is 0 Å². The Bertz CT molecular complexity index is 642. The number of rotatable bonds is 7. The quantitative estimate of drug-likeness (QED) is 0.807. The predicted molar refractivity (Wildman–Crippen MR) is 99.5 cm³/mol. The SMILES string of the molecule is CN(C)c1cc(CNC(=O)NC[C@H](c2cccs2)N(C)C)ccn1. The second kappa shape index (κ2) is 8.65. The minimum Gasteiger partial charge on any atom is -0.363 e. The van der Waals surface area contributed by atoms with E-state index in [1.54, 1.807) is 17.5 Å². The summed E-state index contributed by atoms with van der Waals surface area (Å²) in [4.78, 5) is 21.6. The fraction of sp³-hybridized carbons (Fsp3) is 0.412. The van der Waals surface area contributed by atoms with E-state index < -0.39 is 0 Å². The third kappa shape index (κ3) is 5.21. The highest BCUT2D eigenvalue weighted by Gasteiger charge is 2.16. The first-order valence-electron chi connectivity index (χ1n) is 7.81. The lowest BCUT2D eigenvalue weighted by Gasteiger charge is -2.23.